The van der Waals surface area contributed by atoms with Crippen LogP contribution in [0.4, 0.5) is 5.82 Å². The molecule has 0 radical (unpaired) electrons. The molecule has 0 saturated carbocycles. The second-order valence-electron chi connectivity index (χ2n) is 7.97. The van der Waals surface area contributed by atoms with Gasteiger partial charge < -0.3 is 9.80 Å². The van der Waals surface area contributed by atoms with E-state index in [1.807, 2.05) is 18.3 Å². The highest BCUT2D eigenvalue weighted by Gasteiger charge is 2.30. The van der Waals surface area contributed by atoms with E-state index >= 15 is 0 Å². The van der Waals surface area contributed by atoms with Crippen LogP contribution < -0.4 is 4.90 Å². The third kappa shape index (κ3) is 4.95. The molecule has 2 aliphatic rings. The highest BCUT2D eigenvalue weighted by molar-refractivity contribution is 5.81. The molecule has 1 amide bonds. The summed E-state index contributed by atoms with van der Waals surface area (Å²) in [6, 6.07) is 16.5. The average Bonchev–Trinajstić information content (AvgIpc) is 2.80. The van der Waals surface area contributed by atoms with Crippen LogP contribution in [0.15, 0.2) is 54.7 Å². The third-order valence-corrected chi connectivity index (χ3v) is 6.13. The molecule has 4 rings (SSSR count). The minimum absolute atomic E-state index is 0.0541. The Morgan fingerprint density at radius 3 is 2.24 bits per heavy atom. The van der Waals surface area contributed by atoms with Crippen molar-refractivity contribution in [3.63, 3.8) is 0 Å². The van der Waals surface area contributed by atoms with Gasteiger partial charge in [0.25, 0.3) is 0 Å². The molecular formula is C23H31N5O. The van der Waals surface area contributed by atoms with Crippen LogP contribution >= 0.6 is 0 Å². The van der Waals surface area contributed by atoms with Gasteiger partial charge >= 0.3 is 0 Å². The molecule has 2 aliphatic heterocycles. The minimum atomic E-state index is -0.0541. The predicted octanol–water partition coefficient (Wildman–Crippen LogP) is 1.94. The molecule has 2 saturated heterocycles. The van der Waals surface area contributed by atoms with Crippen LogP contribution in [0.5, 0.6) is 0 Å². The Morgan fingerprint density at radius 2 is 1.59 bits per heavy atom. The van der Waals surface area contributed by atoms with Crippen molar-refractivity contribution in [2.75, 3.05) is 57.3 Å². The lowest BCUT2D eigenvalue weighted by Crippen LogP contribution is -2.57. The van der Waals surface area contributed by atoms with E-state index in [9.17, 15) is 4.79 Å². The van der Waals surface area contributed by atoms with E-state index in [4.69, 9.17) is 0 Å². The van der Waals surface area contributed by atoms with Crippen LogP contribution in [0.3, 0.4) is 0 Å². The van der Waals surface area contributed by atoms with E-state index in [1.54, 1.807) is 0 Å². The van der Waals surface area contributed by atoms with Crippen molar-refractivity contribution in [1.82, 2.24) is 19.7 Å². The molecule has 6 nitrogen and oxygen atoms in total. The molecule has 154 valence electrons. The number of anilines is 1. The maximum absolute atomic E-state index is 13.1. The predicted molar refractivity (Wildman–Crippen MR) is 116 cm³/mol. The van der Waals surface area contributed by atoms with Crippen molar-refractivity contribution in [3.05, 3.63) is 60.3 Å². The summed E-state index contributed by atoms with van der Waals surface area (Å²) in [5.74, 6) is 1.30. The van der Waals surface area contributed by atoms with Crippen LogP contribution in [-0.2, 0) is 11.3 Å². The zero-order chi connectivity index (χ0) is 20.1. The van der Waals surface area contributed by atoms with Gasteiger partial charge in [0.05, 0.1) is 6.04 Å². The first-order valence-corrected chi connectivity index (χ1v) is 10.7. The van der Waals surface area contributed by atoms with E-state index in [0.717, 1.165) is 64.7 Å². The second kappa shape index (κ2) is 9.37. The number of rotatable bonds is 5. The highest BCUT2D eigenvalue weighted by atomic mass is 16.2. The van der Waals surface area contributed by atoms with Crippen molar-refractivity contribution in [1.29, 1.82) is 0 Å². The number of nitrogens with zero attached hydrogens (tertiary/aromatic N) is 5. The van der Waals surface area contributed by atoms with Gasteiger partial charge in [-0.3, -0.25) is 14.6 Å². The number of piperazine rings is 2. The van der Waals surface area contributed by atoms with Crippen molar-refractivity contribution in [2.45, 2.75) is 19.5 Å². The van der Waals surface area contributed by atoms with Crippen molar-refractivity contribution >= 4 is 11.7 Å². The molecule has 0 N–H and O–H groups in total. The van der Waals surface area contributed by atoms with Crippen LogP contribution in [-0.4, -0.2) is 84.0 Å². The number of benzene rings is 1. The Labute approximate surface area is 173 Å². The number of carbonyl (C=O) groups excluding carboxylic acids is 1. The van der Waals surface area contributed by atoms with Crippen molar-refractivity contribution in [2.24, 2.45) is 0 Å². The highest BCUT2D eigenvalue weighted by Crippen LogP contribution is 2.16. The summed E-state index contributed by atoms with van der Waals surface area (Å²) >= 11 is 0. The SMILES string of the molecule is CC(C(=O)N1CCN(Cc2ccccc2)CC1)N1CCN(c2ccccn2)CC1. The fourth-order valence-corrected chi connectivity index (χ4v) is 4.27. The van der Waals surface area contributed by atoms with Gasteiger partial charge in [0.15, 0.2) is 0 Å². The van der Waals surface area contributed by atoms with E-state index in [0.29, 0.717) is 0 Å². The van der Waals surface area contributed by atoms with E-state index in [1.165, 1.54) is 5.56 Å². The largest absolute Gasteiger partial charge is 0.354 e. The number of pyridine rings is 1. The maximum Gasteiger partial charge on any atom is 0.239 e. The molecule has 1 aromatic heterocycles. The fourth-order valence-electron chi connectivity index (χ4n) is 4.27. The first-order chi connectivity index (χ1) is 14.2. The summed E-state index contributed by atoms with van der Waals surface area (Å²) in [6.45, 7) is 10.2. The van der Waals surface area contributed by atoms with Gasteiger partial charge in [-0.05, 0) is 24.6 Å². The monoisotopic (exact) mass is 393 g/mol. The minimum Gasteiger partial charge on any atom is -0.354 e. The first kappa shape index (κ1) is 19.9. The van der Waals surface area contributed by atoms with Gasteiger partial charge in [-0.2, -0.15) is 0 Å². The quantitative estimate of drug-likeness (QED) is 0.777. The lowest BCUT2D eigenvalue weighted by molar-refractivity contribution is -0.138. The Balaban J connectivity index is 1.24. The molecule has 6 heteroatoms. The number of hydrogen-bond acceptors (Lipinski definition) is 5. The number of aromatic nitrogens is 1. The Kier molecular flexibility index (Phi) is 6.42. The van der Waals surface area contributed by atoms with Gasteiger partial charge in [-0.25, -0.2) is 4.98 Å². The van der Waals surface area contributed by atoms with Crippen LogP contribution in [0.1, 0.15) is 12.5 Å². The lowest BCUT2D eigenvalue weighted by atomic mass is 10.1. The molecule has 0 bridgehead atoms. The first-order valence-electron chi connectivity index (χ1n) is 10.7. The summed E-state index contributed by atoms with van der Waals surface area (Å²) < 4.78 is 0. The number of amides is 1. The molecule has 0 spiro atoms. The van der Waals surface area contributed by atoms with Gasteiger partial charge in [-0.1, -0.05) is 36.4 Å². The number of hydrogen-bond donors (Lipinski definition) is 0. The molecule has 1 unspecified atom stereocenters. The summed E-state index contributed by atoms with van der Waals surface area (Å²) in [4.78, 5) is 26.6. The van der Waals surface area contributed by atoms with E-state index in [2.05, 4.69) is 67.9 Å². The van der Waals surface area contributed by atoms with Crippen LogP contribution in [0.25, 0.3) is 0 Å². The van der Waals surface area contributed by atoms with Gasteiger partial charge in [-0.15, -0.1) is 0 Å². The van der Waals surface area contributed by atoms with Gasteiger partial charge in [0.1, 0.15) is 5.82 Å². The number of carbonyl (C=O) groups is 1. The Bertz CT molecular complexity index is 768. The standard InChI is InChI=1S/C23H31N5O/c1-20(26-15-17-27(18-16-26)22-9-5-6-10-24-22)23(29)28-13-11-25(12-14-28)19-21-7-3-2-4-8-21/h2-10,20H,11-19H2,1H3. The Hall–Kier alpha value is -2.44. The molecular weight excluding hydrogens is 362 g/mol. The molecule has 3 heterocycles. The normalized spacial score (nSPS) is 19.9. The summed E-state index contributed by atoms with van der Waals surface area (Å²) in [5, 5.41) is 0. The van der Waals surface area contributed by atoms with Crippen LogP contribution in [0, 0.1) is 0 Å². The van der Waals surface area contributed by atoms with Crippen LogP contribution in [0.2, 0.25) is 0 Å². The van der Waals surface area contributed by atoms with Crippen molar-refractivity contribution in [3.8, 4) is 0 Å². The van der Waals surface area contributed by atoms with E-state index < -0.39 is 0 Å². The Morgan fingerprint density at radius 1 is 0.897 bits per heavy atom. The zero-order valence-electron chi connectivity index (χ0n) is 17.3. The smallest absolute Gasteiger partial charge is 0.239 e. The molecule has 0 aliphatic carbocycles. The molecule has 2 aromatic rings. The topological polar surface area (TPSA) is 42.9 Å². The molecule has 29 heavy (non-hydrogen) atoms. The molecule has 1 atom stereocenters. The summed E-state index contributed by atoms with van der Waals surface area (Å²) in [6.07, 6.45) is 1.84. The lowest BCUT2D eigenvalue weighted by Gasteiger charge is -2.41. The summed E-state index contributed by atoms with van der Waals surface area (Å²) in [5.41, 5.74) is 1.34. The van der Waals surface area contributed by atoms with Gasteiger partial charge in [0.2, 0.25) is 5.91 Å². The molecule has 1 aromatic carbocycles. The zero-order valence-corrected chi connectivity index (χ0v) is 17.3. The fraction of sp³-hybridized carbons (Fsp3) is 0.478. The van der Waals surface area contributed by atoms with E-state index in [-0.39, 0.29) is 11.9 Å². The van der Waals surface area contributed by atoms with Gasteiger partial charge in [0, 0.05) is 65.1 Å². The second-order valence-corrected chi connectivity index (χ2v) is 7.97. The maximum atomic E-state index is 13.1. The summed E-state index contributed by atoms with van der Waals surface area (Å²) in [7, 11) is 0. The molecule has 2 fully saturated rings. The average molecular weight is 394 g/mol. The third-order valence-electron chi connectivity index (χ3n) is 6.13. The van der Waals surface area contributed by atoms with Crippen molar-refractivity contribution < 1.29 is 4.79 Å².